The number of hydrogen-bond donors (Lipinski definition) is 1. The van der Waals surface area contributed by atoms with E-state index in [4.69, 9.17) is 38.3 Å². The first kappa shape index (κ1) is 17.0. The van der Waals surface area contributed by atoms with Crippen molar-refractivity contribution in [3.05, 3.63) is 33.0 Å². The Morgan fingerprint density at radius 1 is 1.38 bits per heavy atom. The van der Waals surface area contributed by atoms with E-state index in [1.54, 1.807) is 23.0 Å². The van der Waals surface area contributed by atoms with Gasteiger partial charge in [0.25, 0.3) is 0 Å². The largest absolute Gasteiger partial charge is 0.478 e. The quantitative estimate of drug-likeness (QED) is 0.671. The number of aliphatic hydroxyl groups is 1. The van der Waals surface area contributed by atoms with Crippen LogP contribution in [0.15, 0.2) is 22.9 Å². The predicted molar refractivity (Wildman–Crippen MR) is 92.8 cm³/mol. The first-order valence-corrected chi connectivity index (χ1v) is 8.31. The summed E-state index contributed by atoms with van der Waals surface area (Å²) >= 11 is 16.1. The monoisotopic (exact) mass is 429 g/mol. The topological polar surface area (TPSA) is 88.9 Å². The highest BCUT2D eigenvalue weighted by molar-refractivity contribution is 9.10. The standard InChI is InChI=1S/C14H10BrCl2N5O2/c15-8-6-22(11-7-21(2-3-23)20-19-11)14-12(8)10(24-4-1-18)5-9(16)13(14)17/h5-7,23H,2-4H2. The van der Waals surface area contributed by atoms with Crippen LogP contribution in [0.2, 0.25) is 10.0 Å². The highest BCUT2D eigenvalue weighted by Crippen LogP contribution is 2.43. The molecule has 0 fully saturated rings. The van der Waals surface area contributed by atoms with E-state index in [0.717, 1.165) is 0 Å². The van der Waals surface area contributed by atoms with Gasteiger partial charge in [-0.1, -0.05) is 28.4 Å². The minimum Gasteiger partial charge on any atom is -0.478 e. The molecule has 0 saturated carbocycles. The molecule has 1 aromatic carbocycles. The number of nitriles is 1. The van der Waals surface area contributed by atoms with Gasteiger partial charge < -0.3 is 9.84 Å². The molecular formula is C14H10BrCl2N5O2. The number of ether oxygens (including phenoxy) is 1. The van der Waals surface area contributed by atoms with E-state index >= 15 is 0 Å². The average molecular weight is 431 g/mol. The fourth-order valence-corrected chi connectivity index (χ4v) is 3.32. The van der Waals surface area contributed by atoms with Crippen LogP contribution in [-0.2, 0) is 6.54 Å². The van der Waals surface area contributed by atoms with E-state index in [1.165, 1.54) is 4.68 Å². The van der Waals surface area contributed by atoms with Crippen molar-refractivity contribution in [1.82, 2.24) is 19.6 Å². The van der Waals surface area contributed by atoms with Gasteiger partial charge >= 0.3 is 0 Å². The zero-order chi connectivity index (χ0) is 17.3. The summed E-state index contributed by atoms with van der Waals surface area (Å²) in [6, 6.07) is 3.49. The molecule has 0 radical (unpaired) electrons. The van der Waals surface area contributed by atoms with Crippen molar-refractivity contribution in [1.29, 1.82) is 5.26 Å². The molecule has 124 valence electrons. The van der Waals surface area contributed by atoms with Crippen LogP contribution in [0, 0.1) is 11.3 Å². The summed E-state index contributed by atoms with van der Waals surface area (Å²) in [5, 5.41) is 27.1. The molecule has 0 unspecified atom stereocenters. The Hall–Kier alpha value is -1.79. The van der Waals surface area contributed by atoms with Gasteiger partial charge in [-0.15, -0.1) is 5.10 Å². The minimum absolute atomic E-state index is 0.0440. The van der Waals surface area contributed by atoms with Crippen molar-refractivity contribution < 1.29 is 9.84 Å². The Kier molecular flexibility index (Phi) is 4.96. The molecule has 0 atom stereocenters. The van der Waals surface area contributed by atoms with Gasteiger partial charge in [-0.25, -0.2) is 4.68 Å². The molecule has 0 aliphatic heterocycles. The van der Waals surface area contributed by atoms with Crippen LogP contribution >= 0.6 is 39.1 Å². The fourth-order valence-electron chi connectivity index (χ4n) is 2.30. The lowest BCUT2D eigenvalue weighted by Gasteiger charge is -2.09. The SMILES string of the molecule is N#CCOc1cc(Cl)c(Cl)c2c1c(Br)cn2-c1cn(CCO)nn1. The molecule has 24 heavy (non-hydrogen) atoms. The summed E-state index contributed by atoms with van der Waals surface area (Å²) in [6.45, 7) is 0.174. The number of benzene rings is 1. The highest BCUT2D eigenvalue weighted by atomic mass is 79.9. The van der Waals surface area contributed by atoms with E-state index in [2.05, 4.69) is 26.2 Å². The molecule has 10 heteroatoms. The maximum atomic E-state index is 8.99. The number of fused-ring (bicyclic) bond motifs is 1. The van der Waals surface area contributed by atoms with E-state index in [9.17, 15) is 0 Å². The van der Waals surface area contributed by atoms with Crippen LogP contribution in [0.5, 0.6) is 5.75 Å². The van der Waals surface area contributed by atoms with Crippen molar-refractivity contribution in [3.8, 4) is 17.6 Å². The molecule has 2 aromatic heterocycles. The molecule has 0 aliphatic carbocycles. The molecule has 3 aromatic rings. The second kappa shape index (κ2) is 6.99. The minimum atomic E-state index is -0.114. The van der Waals surface area contributed by atoms with E-state index in [-0.39, 0.29) is 13.2 Å². The second-order valence-corrected chi connectivity index (χ2v) is 6.39. The van der Waals surface area contributed by atoms with Crippen molar-refractivity contribution in [3.63, 3.8) is 0 Å². The smallest absolute Gasteiger partial charge is 0.179 e. The molecule has 2 heterocycles. The Morgan fingerprint density at radius 2 is 2.17 bits per heavy atom. The predicted octanol–water partition coefficient (Wildman–Crippen LogP) is 3.19. The van der Waals surface area contributed by atoms with Crippen LogP contribution in [0.25, 0.3) is 16.7 Å². The summed E-state index contributed by atoms with van der Waals surface area (Å²) in [7, 11) is 0. The molecular weight excluding hydrogens is 421 g/mol. The lowest BCUT2D eigenvalue weighted by atomic mass is 10.2. The summed E-state index contributed by atoms with van der Waals surface area (Å²) < 4.78 is 9.40. The van der Waals surface area contributed by atoms with Gasteiger partial charge in [-0.2, -0.15) is 5.26 Å². The Morgan fingerprint density at radius 3 is 2.88 bits per heavy atom. The molecule has 7 nitrogen and oxygen atoms in total. The molecule has 0 saturated heterocycles. The third-order valence-corrected chi connectivity index (χ3v) is 4.65. The molecule has 0 bridgehead atoms. The van der Waals surface area contributed by atoms with E-state index < -0.39 is 0 Å². The van der Waals surface area contributed by atoms with Gasteiger partial charge in [0.15, 0.2) is 12.4 Å². The number of aliphatic hydroxyl groups excluding tert-OH is 1. The number of nitrogens with zero attached hydrogens (tertiary/aromatic N) is 5. The van der Waals surface area contributed by atoms with Crippen LogP contribution in [0.1, 0.15) is 0 Å². The summed E-state index contributed by atoms with van der Waals surface area (Å²) in [5.41, 5.74) is 0.583. The van der Waals surface area contributed by atoms with E-state index in [1.807, 2.05) is 6.07 Å². The van der Waals surface area contributed by atoms with Crippen molar-refractivity contribution in [2.24, 2.45) is 0 Å². The zero-order valence-electron chi connectivity index (χ0n) is 12.1. The highest BCUT2D eigenvalue weighted by Gasteiger charge is 2.20. The third-order valence-electron chi connectivity index (χ3n) is 3.28. The van der Waals surface area contributed by atoms with Crippen molar-refractivity contribution >= 4 is 50.0 Å². The second-order valence-electron chi connectivity index (χ2n) is 4.75. The molecule has 0 amide bonds. The van der Waals surface area contributed by atoms with Gasteiger partial charge in [0.2, 0.25) is 0 Å². The van der Waals surface area contributed by atoms with Gasteiger partial charge in [0.05, 0.1) is 40.3 Å². The first-order valence-electron chi connectivity index (χ1n) is 6.76. The Balaban J connectivity index is 2.22. The molecule has 0 spiro atoms. The first-order chi connectivity index (χ1) is 11.6. The normalized spacial score (nSPS) is 11.0. The summed E-state index contributed by atoms with van der Waals surface area (Å²) in [6.07, 6.45) is 3.44. The van der Waals surface area contributed by atoms with Crippen LogP contribution in [-0.4, -0.2) is 37.9 Å². The van der Waals surface area contributed by atoms with Gasteiger partial charge in [-0.3, -0.25) is 4.57 Å². The number of aromatic nitrogens is 4. The van der Waals surface area contributed by atoms with E-state index in [0.29, 0.717) is 43.5 Å². The fraction of sp³-hybridized carbons (Fsp3) is 0.214. The number of halogens is 3. The average Bonchev–Trinajstić information content (AvgIpc) is 3.15. The van der Waals surface area contributed by atoms with Gasteiger partial charge in [0.1, 0.15) is 11.8 Å². The zero-order valence-corrected chi connectivity index (χ0v) is 15.2. The lowest BCUT2D eigenvalue weighted by Crippen LogP contribution is -2.02. The molecule has 0 aliphatic rings. The maximum absolute atomic E-state index is 8.99. The lowest BCUT2D eigenvalue weighted by molar-refractivity contribution is 0.268. The van der Waals surface area contributed by atoms with Gasteiger partial charge in [0, 0.05) is 16.7 Å². The van der Waals surface area contributed by atoms with Gasteiger partial charge in [-0.05, 0) is 15.9 Å². The summed E-state index contributed by atoms with van der Waals surface area (Å²) in [5.74, 6) is 0.948. The van der Waals surface area contributed by atoms with Crippen molar-refractivity contribution in [2.45, 2.75) is 6.54 Å². The Bertz CT molecular complexity index is 947. The van der Waals surface area contributed by atoms with Crippen LogP contribution in [0.4, 0.5) is 0 Å². The molecule has 1 N–H and O–H groups in total. The van der Waals surface area contributed by atoms with Crippen LogP contribution < -0.4 is 4.74 Å². The number of hydrogen-bond acceptors (Lipinski definition) is 5. The van der Waals surface area contributed by atoms with Crippen molar-refractivity contribution in [2.75, 3.05) is 13.2 Å². The number of rotatable bonds is 5. The molecule has 3 rings (SSSR count). The maximum Gasteiger partial charge on any atom is 0.179 e. The summed E-state index contributed by atoms with van der Waals surface area (Å²) in [4.78, 5) is 0. The van der Waals surface area contributed by atoms with Crippen LogP contribution in [0.3, 0.4) is 0 Å². The third kappa shape index (κ3) is 2.96. The Labute approximate surface area is 155 Å².